The molecule has 0 spiro atoms. The third kappa shape index (κ3) is 4.99. The van der Waals surface area contributed by atoms with Gasteiger partial charge in [0.2, 0.25) is 5.09 Å². The molecule has 2 amide bonds. The van der Waals surface area contributed by atoms with Crippen LogP contribution in [0.3, 0.4) is 0 Å². The molecule has 33 heavy (non-hydrogen) atoms. The van der Waals surface area contributed by atoms with Crippen molar-refractivity contribution in [3.05, 3.63) is 77.6 Å². The number of carbonyl (C=O) groups excluding carboxylic acids is 2. The van der Waals surface area contributed by atoms with Gasteiger partial charge in [-0.1, -0.05) is 18.2 Å². The van der Waals surface area contributed by atoms with Crippen LogP contribution in [-0.2, 0) is 16.4 Å². The summed E-state index contributed by atoms with van der Waals surface area (Å²) in [6, 6.07) is 16.9. The third-order valence-corrected chi connectivity index (χ3v) is 6.66. The number of sulfonamides is 1. The number of carbonyl (C=O) groups is 2. The molecule has 0 aliphatic carbocycles. The summed E-state index contributed by atoms with van der Waals surface area (Å²) >= 11 is 0. The van der Waals surface area contributed by atoms with Gasteiger partial charge >= 0.3 is 0 Å². The van der Waals surface area contributed by atoms with Crippen molar-refractivity contribution in [1.82, 2.24) is 4.72 Å². The molecule has 0 bridgehead atoms. The van der Waals surface area contributed by atoms with Crippen LogP contribution < -0.4 is 14.9 Å². The molecule has 0 saturated carbocycles. The number of fused-ring (bicyclic) bond motifs is 1. The zero-order valence-electron chi connectivity index (χ0n) is 18.6. The van der Waals surface area contributed by atoms with Crippen LogP contribution in [0.15, 0.2) is 70.2 Å². The van der Waals surface area contributed by atoms with E-state index in [0.29, 0.717) is 17.8 Å². The average molecular weight is 468 g/mol. The minimum atomic E-state index is -3.89. The molecule has 2 heterocycles. The fourth-order valence-corrected chi connectivity index (χ4v) is 4.99. The molecule has 3 aromatic rings. The lowest BCUT2D eigenvalue weighted by atomic mass is 10.1. The number of nitrogens with one attached hydrogen (secondary N) is 2. The van der Waals surface area contributed by atoms with Crippen molar-refractivity contribution in [3.8, 4) is 0 Å². The number of amides is 2. The van der Waals surface area contributed by atoms with E-state index in [1.807, 2.05) is 24.3 Å². The zero-order valence-corrected chi connectivity index (χ0v) is 19.4. The lowest BCUT2D eigenvalue weighted by Gasteiger charge is -2.19. The second kappa shape index (κ2) is 8.49. The predicted octanol–water partition coefficient (Wildman–Crippen LogP) is 3.81. The van der Waals surface area contributed by atoms with Crippen molar-refractivity contribution >= 4 is 33.2 Å². The maximum absolute atomic E-state index is 12.9. The lowest BCUT2D eigenvalue weighted by molar-refractivity contribution is 0.0984. The Morgan fingerprint density at radius 2 is 1.67 bits per heavy atom. The van der Waals surface area contributed by atoms with Gasteiger partial charge in [0.05, 0.1) is 0 Å². The fourth-order valence-electron chi connectivity index (χ4n) is 3.63. The minimum absolute atomic E-state index is 0.106. The fraction of sp³-hybridized carbons (Fsp3) is 0.250. The molecule has 0 fully saturated rings. The van der Waals surface area contributed by atoms with Crippen LogP contribution in [0.2, 0.25) is 0 Å². The SMILES string of the molecule is CC(C)(C)NS(=O)(=O)c1ccc(C(=O)Nc2ccc(C(=O)N3CCc4ccccc43)cc2)o1. The Morgan fingerprint density at radius 3 is 2.36 bits per heavy atom. The van der Waals surface area contributed by atoms with Gasteiger partial charge in [0.15, 0.2) is 5.76 Å². The molecule has 1 aliphatic rings. The second-order valence-corrected chi connectivity index (χ2v) is 10.5. The average Bonchev–Trinajstić information content (AvgIpc) is 3.40. The summed E-state index contributed by atoms with van der Waals surface area (Å²) in [6.07, 6.45) is 0.822. The van der Waals surface area contributed by atoms with Crippen molar-refractivity contribution in [3.63, 3.8) is 0 Å². The molecule has 9 heteroatoms. The van der Waals surface area contributed by atoms with Gasteiger partial charge in [0.1, 0.15) is 0 Å². The minimum Gasteiger partial charge on any atom is -0.438 e. The number of para-hydroxylation sites is 1. The van der Waals surface area contributed by atoms with E-state index in [-0.39, 0.29) is 16.8 Å². The molecule has 4 rings (SSSR count). The van der Waals surface area contributed by atoms with E-state index in [2.05, 4.69) is 10.0 Å². The maximum atomic E-state index is 12.9. The first-order valence-corrected chi connectivity index (χ1v) is 12.0. The molecule has 0 radical (unpaired) electrons. The van der Waals surface area contributed by atoms with E-state index >= 15 is 0 Å². The first kappa shape index (κ1) is 22.8. The summed E-state index contributed by atoms with van der Waals surface area (Å²) in [6.45, 7) is 5.75. The Labute approximate surface area is 192 Å². The Morgan fingerprint density at radius 1 is 0.970 bits per heavy atom. The molecule has 2 N–H and O–H groups in total. The van der Waals surface area contributed by atoms with Crippen LogP contribution in [0.5, 0.6) is 0 Å². The standard InChI is InChI=1S/C24H25N3O5S/c1-24(2,3)26-33(30,31)21-13-12-20(32-21)22(28)25-18-10-8-17(9-11-18)23(29)27-15-14-16-6-4-5-7-19(16)27/h4-13,26H,14-15H2,1-3H3,(H,25,28). The number of nitrogens with zero attached hydrogens (tertiary/aromatic N) is 1. The molecule has 1 aliphatic heterocycles. The highest BCUT2D eigenvalue weighted by Crippen LogP contribution is 2.29. The van der Waals surface area contributed by atoms with Crippen molar-refractivity contribution in [1.29, 1.82) is 0 Å². The van der Waals surface area contributed by atoms with Crippen molar-refractivity contribution in [2.75, 3.05) is 16.8 Å². The molecule has 0 saturated heterocycles. The van der Waals surface area contributed by atoms with E-state index in [9.17, 15) is 18.0 Å². The van der Waals surface area contributed by atoms with Crippen LogP contribution in [0.1, 0.15) is 47.2 Å². The third-order valence-electron chi connectivity index (χ3n) is 5.03. The van der Waals surface area contributed by atoms with Crippen molar-refractivity contribution in [2.24, 2.45) is 0 Å². The van der Waals surface area contributed by atoms with Gasteiger partial charge in [-0.3, -0.25) is 9.59 Å². The van der Waals surface area contributed by atoms with Crippen LogP contribution in [0.25, 0.3) is 0 Å². The number of furan rings is 1. The summed E-state index contributed by atoms with van der Waals surface area (Å²) in [5, 5.41) is 2.31. The van der Waals surface area contributed by atoms with E-state index in [1.54, 1.807) is 49.9 Å². The number of hydrogen-bond acceptors (Lipinski definition) is 5. The monoisotopic (exact) mass is 467 g/mol. The number of anilines is 2. The zero-order chi connectivity index (χ0) is 23.8. The Bertz CT molecular complexity index is 1300. The van der Waals surface area contributed by atoms with E-state index in [0.717, 1.165) is 17.7 Å². The van der Waals surface area contributed by atoms with E-state index < -0.39 is 21.5 Å². The normalized spacial score (nSPS) is 13.6. The number of benzene rings is 2. The summed E-state index contributed by atoms with van der Waals surface area (Å²) in [7, 11) is -3.89. The number of hydrogen-bond donors (Lipinski definition) is 2. The summed E-state index contributed by atoms with van der Waals surface area (Å²) < 4.78 is 32.5. The summed E-state index contributed by atoms with van der Waals surface area (Å²) in [5.74, 6) is -0.845. The molecule has 8 nitrogen and oxygen atoms in total. The first-order chi connectivity index (χ1) is 15.5. The van der Waals surface area contributed by atoms with Gasteiger partial charge in [0, 0.05) is 29.0 Å². The smallest absolute Gasteiger partial charge is 0.291 e. The second-order valence-electron chi connectivity index (χ2n) is 8.84. The Hall–Kier alpha value is -3.43. The Balaban J connectivity index is 1.43. The van der Waals surface area contributed by atoms with Crippen molar-refractivity contribution in [2.45, 2.75) is 37.8 Å². The summed E-state index contributed by atoms with van der Waals surface area (Å²) in [5.41, 5.74) is 2.33. The summed E-state index contributed by atoms with van der Waals surface area (Å²) in [4.78, 5) is 27.2. The number of rotatable bonds is 5. The lowest BCUT2D eigenvalue weighted by Crippen LogP contribution is -2.40. The van der Waals surface area contributed by atoms with Crippen LogP contribution in [0.4, 0.5) is 11.4 Å². The maximum Gasteiger partial charge on any atom is 0.291 e. The quantitative estimate of drug-likeness (QED) is 0.593. The molecular formula is C24H25N3O5S. The highest BCUT2D eigenvalue weighted by Gasteiger charge is 2.27. The van der Waals surface area contributed by atoms with Crippen molar-refractivity contribution < 1.29 is 22.4 Å². The van der Waals surface area contributed by atoms with E-state index in [4.69, 9.17) is 4.42 Å². The molecule has 1 aromatic heterocycles. The Kier molecular flexibility index (Phi) is 5.85. The molecule has 0 atom stereocenters. The van der Waals surface area contributed by atoms with Gasteiger partial charge < -0.3 is 14.6 Å². The molecule has 0 unspecified atom stereocenters. The van der Waals surface area contributed by atoms with Gasteiger partial charge in [-0.2, -0.15) is 0 Å². The molecular weight excluding hydrogens is 442 g/mol. The molecule has 172 valence electrons. The predicted molar refractivity (Wildman–Crippen MR) is 125 cm³/mol. The largest absolute Gasteiger partial charge is 0.438 e. The van der Waals surface area contributed by atoms with Crippen LogP contribution >= 0.6 is 0 Å². The van der Waals surface area contributed by atoms with Crippen LogP contribution in [-0.4, -0.2) is 32.3 Å². The van der Waals surface area contributed by atoms with E-state index in [1.165, 1.54) is 12.1 Å². The van der Waals surface area contributed by atoms with Gasteiger partial charge in [0.25, 0.3) is 21.8 Å². The highest BCUT2D eigenvalue weighted by atomic mass is 32.2. The molecule has 2 aromatic carbocycles. The highest BCUT2D eigenvalue weighted by molar-refractivity contribution is 7.89. The van der Waals surface area contributed by atoms with Gasteiger partial charge in [-0.15, -0.1) is 0 Å². The topological polar surface area (TPSA) is 109 Å². The van der Waals surface area contributed by atoms with Crippen LogP contribution in [0, 0.1) is 0 Å². The first-order valence-electron chi connectivity index (χ1n) is 10.5. The van der Waals surface area contributed by atoms with Gasteiger partial charge in [-0.25, -0.2) is 13.1 Å². The van der Waals surface area contributed by atoms with Gasteiger partial charge in [-0.05, 0) is 75.2 Å².